The van der Waals surface area contributed by atoms with Crippen LogP contribution < -0.4 is 5.73 Å². The monoisotopic (exact) mass is 207 g/mol. The van der Waals surface area contributed by atoms with Crippen molar-refractivity contribution in [1.29, 1.82) is 0 Å². The minimum absolute atomic E-state index is 0.459. The summed E-state index contributed by atoms with van der Waals surface area (Å²) in [6.45, 7) is 7.42. The second kappa shape index (κ2) is 3.87. The summed E-state index contributed by atoms with van der Waals surface area (Å²) < 4.78 is 2.16. The number of nitrogens with two attached hydrogens (primary N) is 1. The number of hydrogen-bond acceptors (Lipinski definition) is 2. The Kier molecular flexibility index (Phi) is 2.72. The second-order valence-corrected chi connectivity index (χ2v) is 4.77. The molecule has 1 aromatic heterocycles. The van der Waals surface area contributed by atoms with Gasteiger partial charge in [0.25, 0.3) is 0 Å². The molecule has 84 valence electrons. The van der Waals surface area contributed by atoms with E-state index in [9.17, 15) is 0 Å². The molecule has 0 aromatic carbocycles. The predicted octanol–water partition coefficient (Wildman–Crippen LogP) is 2.88. The van der Waals surface area contributed by atoms with Crippen LogP contribution in [0, 0.1) is 0 Å². The third-order valence-electron chi connectivity index (χ3n) is 3.39. The lowest BCUT2D eigenvalue weighted by Gasteiger charge is -2.23. The summed E-state index contributed by atoms with van der Waals surface area (Å²) >= 11 is 0. The molecule has 1 fully saturated rings. The fourth-order valence-electron chi connectivity index (χ4n) is 2.26. The zero-order chi connectivity index (χ0) is 11.0. The maximum absolute atomic E-state index is 6.16. The van der Waals surface area contributed by atoms with Gasteiger partial charge in [-0.2, -0.15) is 0 Å². The number of nitrogen functional groups attached to an aromatic ring is 1. The van der Waals surface area contributed by atoms with E-state index >= 15 is 0 Å². The van der Waals surface area contributed by atoms with E-state index in [2.05, 4.69) is 25.3 Å². The molecule has 1 aromatic rings. The minimum Gasteiger partial charge on any atom is -0.384 e. The van der Waals surface area contributed by atoms with Gasteiger partial charge in [-0.05, 0) is 19.8 Å². The van der Waals surface area contributed by atoms with Crippen LogP contribution in [-0.2, 0) is 6.54 Å². The molecule has 3 heteroatoms. The second-order valence-electron chi connectivity index (χ2n) is 4.77. The molecule has 0 unspecified atom stereocenters. The maximum Gasteiger partial charge on any atom is 0.127 e. The van der Waals surface area contributed by atoms with Crippen LogP contribution in [0.5, 0.6) is 0 Å². The van der Waals surface area contributed by atoms with Gasteiger partial charge in [0.1, 0.15) is 11.6 Å². The van der Waals surface area contributed by atoms with Crippen LogP contribution in [0.15, 0.2) is 0 Å². The highest BCUT2D eigenvalue weighted by molar-refractivity contribution is 5.42. The number of aromatic nitrogens is 2. The van der Waals surface area contributed by atoms with Gasteiger partial charge in [0.15, 0.2) is 0 Å². The Morgan fingerprint density at radius 2 is 2.13 bits per heavy atom. The van der Waals surface area contributed by atoms with E-state index in [1.54, 1.807) is 0 Å². The van der Waals surface area contributed by atoms with Crippen LogP contribution in [-0.4, -0.2) is 9.55 Å². The summed E-state index contributed by atoms with van der Waals surface area (Å²) in [7, 11) is 0. The van der Waals surface area contributed by atoms with Crippen molar-refractivity contribution in [3.63, 3.8) is 0 Å². The van der Waals surface area contributed by atoms with E-state index in [1.165, 1.54) is 19.3 Å². The quantitative estimate of drug-likeness (QED) is 0.828. The Labute approximate surface area is 91.7 Å². The zero-order valence-corrected chi connectivity index (χ0v) is 9.95. The lowest BCUT2D eigenvalue weighted by Crippen LogP contribution is -2.12. The molecule has 2 rings (SSSR count). The summed E-state index contributed by atoms with van der Waals surface area (Å²) in [5.74, 6) is 3.15. The Bertz CT molecular complexity index is 348. The van der Waals surface area contributed by atoms with Crippen LogP contribution in [0.4, 0.5) is 5.82 Å². The Morgan fingerprint density at radius 3 is 2.47 bits per heavy atom. The number of rotatable bonds is 3. The summed E-state index contributed by atoms with van der Waals surface area (Å²) in [5.41, 5.74) is 7.32. The molecule has 1 heterocycles. The summed E-state index contributed by atoms with van der Waals surface area (Å²) in [6, 6.07) is 0. The van der Waals surface area contributed by atoms with E-state index in [0.29, 0.717) is 11.8 Å². The number of hydrogen-bond donors (Lipinski definition) is 1. The summed E-state index contributed by atoms with van der Waals surface area (Å²) in [5, 5.41) is 0. The molecule has 3 nitrogen and oxygen atoms in total. The van der Waals surface area contributed by atoms with E-state index in [-0.39, 0.29) is 0 Å². The SMILES string of the molecule is CCn1c(C(C)C)nc(C2CCC2)c1N. The molecular weight excluding hydrogens is 186 g/mol. The lowest BCUT2D eigenvalue weighted by atomic mass is 9.83. The zero-order valence-electron chi connectivity index (χ0n) is 9.95. The van der Waals surface area contributed by atoms with Gasteiger partial charge in [0, 0.05) is 18.4 Å². The smallest absolute Gasteiger partial charge is 0.127 e. The standard InChI is InChI=1S/C12H21N3/c1-4-15-11(13)10(9-6-5-7-9)14-12(15)8(2)3/h8-9H,4-7,13H2,1-3H3. The van der Waals surface area contributed by atoms with Crippen molar-refractivity contribution in [2.45, 2.75) is 58.4 Å². The lowest BCUT2D eigenvalue weighted by molar-refractivity contribution is 0.413. The van der Waals surface area contributed by atoms with Crippen molar-refractivity contribution in [2.24, 2.45) is 0 Å². The van der Waals surface area contributed by atoms with E-state index in [1.807, 2.05) is 0 Å². The van der Waals surface area contributed by atoms with Crippen molar-refractivity contribution in [3.8, 4) is 0 Å². The van der Waals surface area contributed by atoms with Gasteiger partial charge >= 0.3 is 0 Å². The van der Waals surface area contributed by atoms with Gasteiger partial charge < -0.3 is 10.3 Å². The van der Waals surface area contributed by atoms with Crippen LogP contribution >= 0.6 is 0 Å². The molecule has 0 bridgehead atoms. The molecule has 15 heavy (non-hydrogen) atoms. The van der Waals surface area contributed by atoms with Gasteiger partial charge in [-0.15, -0.1) is 0 Å². The largest absolute Gasteiger partial charge is 0.384 e. The van der Waals surface area contributed by atoms with Crippen molar-refractivity contribution in [3.05, 3.63) is 11.5 Å². The summed E-state index contributed by atoms with van der Waals surface area (Å²) in [6.07, 6.45) is 3.87. The van der Waals surface area contributed by atoms with Crippen molar-refractivity contribution < 1.29 is 0 Å². The Morgan fingerprint density at radius 1 is 1.47 bits per heavy atom. The molecule has 0 atom stereocenters. The highest BCUT2D eigenvalue weighted by Crippen LogP contribution is 2.39. The van der Waals surface area contributed by atoms with E-state index in [0.717, 1.165) is 23.9 Å². The topological polar surface area (TPSA) is 43.8 Å². The first-order chi connectivity index (χ1) is 7.15. The highest BCUT2D eigenvalue weighted by atomic mass is 15.1. The van der Waals surface area contributed by atoms with E-state index < -0.39 is 0 Å². The number of nitrogens with zero attached hydrogens (tertiary/aromatic N) is 2. The molecule has 1 aliphatic carbocycles. The fourth-order valence-corrected chi connectivity index (χ4v) is 2.26. The fraction of sp³-hybridized carbons (Fsp3) is 0.750. The van der Waals surface area contributed by atoms with Gasteiger partial charge in [0.05, 0.1) is 5.69 Å². The van der Waals surface area contributed by atoms with Gasteiger partial charge in [0.2, 0.25) is 0 Å². The first kappa shape index (κ1) is 10.5. The molecule has 0 radical (unpaired) electrons. The first-order valence-corrected chi connectivity index (χ1v) is 6.00. The number of imidazole rings is 1. The molecule has 1 aliphatic rings. The molecule has 0 saturated heterocycles. The molecule has 1 saturated carbocycles. The first-order valence-electron chi connectivity index (χ1n) is 6.00. The van der Waals surface area contributed by atoms with Crippen LogP contribution in [0.1, 0.15) is 63.4 Å². The Balaban J connectivity index is 2.39. The third kappa shape index (κ3) is 1.64. The number of anilines is 1. The summed E-state index contributed by atoms with van der Waals surface area (Å²) in [4.78, 5) is 4.74. The van der Waals surface area contributed by atoms with Gasteiger partial charge in [-0.3, -0.25) is 0 Å². The molecule has 0 amide bonds. The molecule has 0 aliphatic heterocycles. The van der Waals surface area contributed by atoms with Crippen LogP contribution in [0.25, 0.3) is 0 Å². The maximum atomic E-state index is 6.16. The van der Waals surface area contributed by atoms with Crippen LogP contribution in [0.3, 0.4) is 0 Å². The van der Waals surface area contributed by atoms with Gasteiger partial charge in [-0.25, -0.2) is 4.98 Å². The van der Waals surface area contributed by atoms with Crippen LogP contribution in [0.2, 0.25) is 0 Å². The minimum atomic E-state index is 0.459. The van der Waals surface area contributed by atoms with Crippen molar-refractivity contribution >= 4 is 5.82 Å². The molecule has 2 N–H and O–H groups in total. The third-order valence-corrected chi connectivity index (χ3v) is 3.39. The van der Waals surface area contributed by atoms with Crippen molar-refractivity contribution in [2.75, 3.05) is 5.73 Å². The predicted molar refractivity (Wildman–Crippen MR) is 63.0 cm³/mol. The molecule has 0 spiro atoms. The highest BCUT2D eigenvalue weighted by Gasteiger charge is 2.27. The normalized spacial score (nSPS) is 17.1. The van der Waals surface area contributed by atoms with E-state index in [4.69, 9.17) is 10.7 Å². The Hall–Kier alpha value is -0.990. The van der Waals surface area contributed by atoms with Gasteiger partial charge in [-0.1, -0.05) is 20.3 Å². The molecular formula is C12H21N3. The average Bonchev–Trinajstić information content (AvgIpc) is 2.41. The van der Waals surface area contributed by atoms with Crippen molar-refractivity contribution in [1.82, 2.24) is 9.55 Å². The average molecular weight is 207 g/mol.